The zero-order valence-corrected chi connectivity index (χ0v) is 16.3. The molecule has 1 saturated heterocycles. The summed E-state index contributed by atoms with van der Waals surface area (Å²) in [6, 6.07) is 2.16. The molecule has 3 heterocycles. The van der Waals surface area contributed by atoms with E-state index in [0.29, 0.717) is 12.3 Å². The molecule has 12 heteroatoms. The smallest absolute Gasteiger partial charge is 0.417 e. The third-order valence-corrected chi connectivity index (χ3v) is 6.24. The average molecular weight is 451 g/mol. The normalized spacial score (nSPS) is 17.3. The van der Waals surface area contributed by atoms with Crippen molar-refractivity contribution in [3.63, 3.8) is 0 Å². The number of ether oxygens (including phenoxy) is 1. The molecule has 0 aromatic carbocycles. The number of hydrogen-bond acceptors (Lipinski definition) is 7. The van der Waals surface area contributed by atoms with Crippen molar-refractivity contribution in [1.82, 2.24) is 4.98 Å². The Morgan fingerprint density at radius 2 is 2.14 bits per heavy atom. The van der Waals surface area contributed by atoms with Crippen molar-refractivity contribution in [3.05, 3.63) is 39.2 Å². The molecule has 2 aromatic rings. The van der Waals surface area contributed by atoms with Crippen LogP contribution < -0.4 is 4.90 Å². The summed E-state index contributed by atoms with van der Waals surface area (Å²) < 4.78 is 42.8. The molecule has 0 aliphatic carbocycles. The second-order valence-corrected chi connectivity index (χ2v) is 8.03. The van der Waals surface area contributed by atoms with E-state index in [0.717, 1.165) is 28.0 Å². The Balaban J connectivity index is 1.83. The summed E-state index contributed by atoms with van der Waals surface area (Å²) >= 11 is 7.68. The van der Waals surface area contributed by atoms with Gasteiger partial charge in [-0.25, -0.2) is 14.7 Å². The monoisotopic (exact) mass is 450 g/mol. The molecule has 28 heavy (non-hydrogen) atoms. The van der Waals surface area contributed by atoms with Crippen molar-refractivity contribution in [2.75, 3.05) is 12.0 Å². The van der Waals surface area contributed by atoms with Gasteiger partial charge in [0.1, 0.15) is 9.90 Å². The highest BCUT2D eigenvalue weighted by atomic mass is 35.5. The van der Waals surface area contributed by atoms with Crippen LogP contribution in [-0.2, 0) is 20.5 Å². The van der Waals surface area contributed by atoms with E-state index in [2.05, 4.69) is 9.72 Å². The number of thiophene rings is 1. The SMILES string of the molecule is COC(=O)c1sccc1N1C(=O)C[C@@H](Sc2ncc(C(F)(F)F)cc2Cl)C1=O. The Labute approximate surface area is 169 Å². The lowest BCUT2D eigenvalue weighted by Crippen LogP contribution is -2.32. The van der Waals surface area contributed by atoms with Crippen LogP contribution >= 0.6 is 34.7 Å². The molecule has 1 aliphatic heterocycles. The third kappa shape index (κ3) is 3.87. The first-order valence-electron chi connectivity index (χ1n) is 7.55. The summed E-state index contributed by atoms with van der Waals surface area (Å²) in [5, 5.41) is 0.335. The molecule has 0 radical (unpaired) electrons. The van der Waals surface area contributed by atoms with Gasteiger partial charge in [0, 0.05) is 12.6 Å². The van der Waals surface area contributed by atoms with Crippen molar-refractivity contribution in [3.8, 4) is 0 Å². The van der Waals surface area contributed by atoms with E-state index in [1.54, 1.807) is 0 Å². The predicted octanol–water partition coefficient (Wildman–Crippen LogP) is 4.03. The zero-order valence-electron chi connectivity index (χ0n) is 13.9. The number of carbonyl (C=O) groups is 3. The number of aromatic nitrogens is 1. The number of pyridine rings is 1. The molecule has 6 nitrogen and oxygen atoms in total. The molecule has 0 bridgehead atoms. The Morgan fingerprint density at radius 3 is 2.75 bits per heavy atom. The summed E-state index contributed by atoms with van der Waals surface area (Å²) in [4.78, 5) is 41.5. The van der Waals surface area contributed by atoms with Crippen LogP contribution in [0.1, 0.15) is 21.7 Å². The molecule has 148 valence electrons. The zero-order chi connectivity index (χ0) is 20.6. The van der Waals surface area contributed by atoms with Crippen LogP contribution in [0.15, 0.2) is 28.7 Å². The number of methoxy groups -OCH3 is 1. The van der Waals surface area contributed by atoms with E-state index in [1.807, 2.05) is 0 Å². The van der Waals surface area contributed by atoms with Gasteiger partial charge in [0.2, 0.25) is 11.8 Å². The van der Waals surface area contributed by atoms with Crippen LogP contribution in [-0.4, -0.2) is 35.1 Å². The first-order valence-corrected chi connectivity index (χ1v) is 9.69. The fourth-order valence-electron chi connectivity index (χ4n) is 2.48. The van der Waals surface area contributed by atoms with Crippen molar-refractivity contribution in [2.24, 2.45) is 0 Å². The Bertz CT molecular complexity index is 964. The van der Waals surface area contributed by atoms with Crippen LogP contribution in [0.25, 0.3) is 0 Å². The van der Waals surface area contributed by atoms with Crippen LogP contribution in [0.3, 0.4) is 0 Å². The fourth-order valence-corrected chi connectivity index (χ4v) is 4.55. The lowest BCUT2D eigenvalue weighted by molar-refractivity contribution is -0.138. The van der Waals surface area contributed by atoms with Gasteiger partial charge in [-0.1, -0.05) is 23.4 Å². The maximum atomic E-state index is 12.7. The molecule has 0 unspecified atom stereocenters. The number of anilines is 1. The summed E-state index contributed by atoms with van der Waals surface area (Å²) in [5.74, 6) is -1.85. The molecule has 1 fully saturated rings. The van der Waals surface area contributed by atoms with E-state index in [4.69, 9.17) is 11.6 Å². The number of halogens is 4. The second-order valence-electron chi connectivity index (χ2n) is 5.51. The molecular weight excluding hydrogens is 441 g/mol. The maximum Gasteiger partial charge on any atom is 0.417 e. The average Bonchev–Trinajstić information content (AvgIpc) is 3.19. The van der Waals surface area contributed by atoms with Gasteiger partial charge in [-0.2, -0.15) is 13.2 Å². The minimum absolute atomic E-state index is 0.00109. The molecule has 3 rings (SSSR count). The lowest BCUT2D eigenvalue weighted by Gasteiger charge is -2.15. The van der Waals surface area contributed by atoms with E-state index < -0.39 is 34.8 Å². The lowest BCUT2D eigenvalue weighted by atomic mass is 10.3. The second kappa shape index (κ2) is 7.72. The summed E-state index contributed by atoms with van der Waals surface area (Å²) in [6.07, 6.45) is -4.19. The topological polar surface area (TPSA) is 76.6 Å². The predicted molar refractivity (Wildman–Crippen MR) is 96.7 cm³/mol. The molecule has 1 atom stereocenters. The van der Waals surface area contributed by atoms with Crippen LogP contribution in [0.2, 0.25) is 5.02 Å². The molecule has 1 aliphatic rings. The number of alkyl halides is 3. The number of carbonyl (C=O) groups excluding carboxylic acids is 3. The highest BCUT2D eigenvalue weighted by molar-refractivity contribution is 8.00. The number of hydrogen-bond donors (Lipinski definition) is 0. The van der Waals surface area contributed by atoms with Gasteiger partial charge < -0.3 is 4.74 Å². The van der Waals surface area contributed by atoms with E-state index in [1.165, 1.54) is 18.6 Å². The van der Waals surface area contributed by atoms with Gasteiger partial charge in [0.05, 0.1) is 28.6 Å². The molecule has 2 amide bonds. The number of imide groups is 1. The number of nitrogens with zero attached hydrogens (tertiary/aromatic N) is 2. The standard InChI is InChI=1S/C16H10ClF3N2O4S2/c1-26-15(25)12-9(2-3-27-12)22-11(23)5-10(14(22)24)28-13-8(17)4-7(6-21-13)16(18,19)20/h2-4,6,10H,5H2,1H3/t10-/m1/s1. The van der Waals surface area contributed by atoms with Crippen LogP contribution in [0.5, 0.6) is 0 Å². The summed E-state index contributed by atoms with van der Waals surface area (Å²) in [6.45, 7) is 0. The molecule has 0 spiro atoms. The van der Waals surface area contributed by atoms with Crippen molar-refractivity contribution in [2.45, 2.75) is 22.9 Å². The fraction of sp³-hybridized carbons (Fsp3) is 0.250. The van der Waals surface area contributed by atoms with Gasteiger partial charge in [-0.15, -0.1) is 11.3 Å². The first-order chi connectivity index (χ1) is 13.1. The minimum Gasteiger partial charge on any atom is -0.465 e. The minimum atomic E-state index is -4.60. The number of esters is 1. The number of thioether (sulfide) groups is 1. The largest absolute Gasteiger partial charge is 0.465 e. The van der Waals surface area contributed by atoms with Gasteiger partial charge >= 0.3 is 12.1 Å². The van der Waals surface area contributed by atoms with Gasteiger partial charge in [0.25, 0.3) is 0 Å². The van der Waals surface area contributed by atoms with Crippen molar-refractivity contribution >= 4 is 58.2 Å². The number of amides is 2. The van der Waals surface area contributed by atoms with Gasteiger partial charge in [-0.05, 0) is 17.5 Å². The van der Waals surface area contributed by atoms with E-state index in [-0.39, 0.29) is 27.0 Å². The highest BCUT2D eigenvalue weighted by Crippen LogP contribution is 2.39. The summed E-state index contributed by atoms with van der Waals surface area (Å²) in [7, 11) is 1.18. The van der Waals surface area contributed by atoms with Crippen LogP contribution in [0.4, 0.5) is 18.9 Å². The number of rotatable bonds is 4. The first kappa shape index (κ1) is 20.6. The molecular formula is C16H10ClF3N2O4S2. The Kier molecular flexibility index (Phi) is 5.69. The Hall–Kier alpha value is -2.11. The van der Waals surface area contributed by atoms with E-state index in [9.17, 15) is 27.6 Å². The molecule has 2 aromatic heterocycles. The van der Waals surface area contributed by atoms with Crippen molar-refractivity contribution < 1.29 is 32.3 Å². The Morgan fingerprint density at radius 1 is 1.43 bits per heavy atom. The van der Waals surface area contributed by atoms with E-state index >= 15 is 0 Å². The third-order valence-electron chi connectivity index (χ3n) is 3.75. The molecule has 0 N–H and O–H groups in total. The summed E-state index contributed by atoms with van der Waals surface area (Å²) in [5.41, 5.74) is -0.903. The van der Waals surface area contributed by atoms with Gasteiger partial charge in [-0.3, -0.25) is 9.59 Å². The van der Waals surface area contributed by atoms with Crippen LogP contribution in [0, 0.1) is 0 Å². The maximum absolute atomic E-state index is 12.7. The van der Waals surface area contributed by atoms with Gasteiger partial charge in [0.15, 0.2) is 0 Å². The quantitative estimate of drug-likeness (QED) is 0.517. The highest BCUT2D eigenvalue weighted by Gasteiger charge is 2.42. The molecule has 0 saturated carbocycles. The van der Waals surface area contributed by atoms with Crippen molar-refractivity contribution in [1.29, 1.82) is 0 Å².